The van der Waals surface area contributed by atoms with Gasteiger partial charge in [0.1, 0.15) is 5.75 Å². The van der Waals surface area contributed by atoms with Crippen molar-refractivity contribution in [1.82, 2.24) is 10.1 Å². The van der Waals surface area contributed by atoms with Crippen LogP contribution in [0.2, 0.25) is 0 Å². The molecule has 5 nitrogen and oxygen atoms in total. The fourth-order valence-electron chi connectivity index (χ4n) is 3.28. The van der Waals surface area contributed by atoms with E-state index in [1.165, 1.54) is 4.88 Å². The van der Waals surface area contributed by atoms with E-state index < -0.39 is 0 Å². The average molecular weight is 354 g/mol. The van der Waals surface area contributed by atoms with Gasteiger partial charge in [0, 0.05) is 17.5 Å². The molecule has 1 fully saturated rings. The van der Waals surface area contributed by atoms with Gasteiger partial charge in [0.15, 0.2) is 11.5 Å². The molecule has 0 N–H and O–H groups in total. The standard InChI is InChI=1S/C19H18N2O3S/c1-23-16-8-3-2-6-13(16)17-12-14(20-24-17)19(22)21-10-4-7-15(21)18-9-5-11-25-18/h2-3,5-6,8-9,11-12,15H,4,7,10H2,1H3. The third kappa shape index (κ3) is 2.93. The van der Waals surface area contributed by atoms with E-state index in [1.54, 1.807) is 24.5 Å². The summed E-state index contributed by atoms with van der Waals surface area (Å²) in [4.78, 5) is 16.0. The monoisotopic (exact) mass is 354 g/mol. The first-order valence-corrected chi connectivity index (χ1v) is 9.10. The van der Waals surface area contributed by atoms with Crippen LogP contribution in [-0.2, 0) is 0 Å². The number of likely N-dealkylation sites (tertiary alicyclic amines) is 1. The minimum atomic E-state index is -0.0826. The maximum atomic E-state index is 12.9. The molecule has 1 aliphatic heterocycles. The topological polar surface area (TPSA) is 55.6 Å². The number of carbonyl (C=O) groups excluding carboxylic acids is 1. The number of hydrogen-bond donors (Lipinski definition) is 0. The normalized spacial score (nSPS) is 17.0. The number of benzene rings is 1. The van der Waals surface area contributed by atoms with Gasteiger partial charge in [-0.3, -0.25) is 4.79 Å². The number of methoxy groups -OCH3 is 1. The third-order valence-electron chi connectivity index (χ3n) is 4.49. The molecule has 128 valence electrons. The van der Waals surface area contributed by atoms with Crippen LogP contribution in [0.5, 0.6) is 5.75 Å². The zero-order valence-electron chi connectivity index (χ0n) is 13.8. The summed E-state index contributed by atoms with van der Waals surface area (Å²) in [6.45, 7) is 0.748. The zero-order chi connectivity index (χ0) is 17.2. The van der Waals surface area contributed by atoms with E-state index in [9.17, 15) is 4.79 Å². The second kappa shape index (κ2) is 6.72. The molecule has 1 aliphatic rings. The van der Waals surface area contributed by atoms with Crippen LogP contribution in [0.15, 0.2) is 52.4 Å². The van der Waals surface area contributed by atoms with Gasteiger partial charge >= 0.3 is 0 Å². The SMILES string of the molecule is COc1ccccc1-c1cc(C(=O)N2CCCC2c2cccs2)no1. The van der Waals surface area contributed by atoms with Crippen molar-refractivity contribution in [3.8, 4) is 17.1 Å². The lowest BCUT2D eigenvalue weighted by Gasteiger charge is -2.22. The molecule has 0 bridgehead atoms. The first kappa shape index (κ1) is 15.9. The number of ether oxygens (including phenoxy) is 1. The van der Waals surface area contributed by atoms with Crippen molar-refractivity contribution in [3.63, 3.8) is 0 Å². The lowest BCUT2D eigenvalue weighted by Crippen LogP contribution is -2.30. The number of thiophene rings is 1. The van der Waals surface area contributed by atoms with Crippen molar-refractivity contribution in [2.75, 3.05) is 13.7 Å². The Morgan fingerprint density at radius 2 is 2.20 bits per heavy atom. The zero-order valence-corrected chi connectivity index (χ0v) is 14.7. The Labute approximate surface area is 149 Å². The molecule has 0 radical (unpaired) electrons. The Kier molecular flexibility index (Phi) is 4.28. The largest absolute Gasteiger partial charge is 0.496 e. The molecule has 3 aromatic rings. The highest BCUT2D eigenvalue weighted by Gasteiger charge is 2.32. The van der Waals surface area contributed by atoms with Crippen LogP contribution >= 0.6 is 11.3 Å². The van der Waals surface area contributed by atoms with E-state index in [0.29, 0.717) is 17.2 Å². The summed E-state index contributed by atoms with van der Waals surface area (Å²) < 4.78 is 10.8. The van der Waals surface area contributed by atoms with E-state index in [0.717, 1.165) is 24.9 Å². The fraction of sp³-hybridized carbons (Fsp3) is 0.263. The van der Waals surface area contributed by atoms with Crippen LogP contribution in [-0.4, -0.2) is 29.6 Å². The lowest BCUT2D eigenvalue weighted by atomic mass is 10.1. The predicted molar refractivity (Wildman–Crippen MR) is 95.8 cm³/mol. The van der Waals surface area contributed by atoms with E-state index >= 15 is 0 Å². The van der Waals surface area contributed by atoms with Crippen molar-refractivity contribution in [2.45, 2.75) is 18.9 Å². The number of nitrogens with zero attached hydrogens (tertiary/aromatic N) is 2. The molecule has 1 unspecified atom stereocenters. The smallest absolute Gasteiger partial charge is 0.276 e. The number of rotatable bonds is 4. The van der Waals surface area contributed by atoms with Gasteiger partial charge in [-0.15, -0.1) is 11.3 Å². The molecule has 1 aromatic carbocycles. The van der Waals surface area contributed by atoms with Gasteiger partial charge in [-0.1, -0.05) is 23.4 Å². The highest BCUT2D eigenvalue weighted by Crippen LogP contribution is 2.36. The number of hydrogen-bond acceptors (Lipinski definition) is 5. The highest BCUT2D eigenvalue weighted by atomic mass is 32.1. The first-order valence-electron chi connectivity index (χ1n) is 8.22. The molecule has 2 aromatic heterocycles. The van der Waals surface area contributed by atoms with Crippen LogP contribution in [0.25, 0.3) is 11.3 Å². The minimum absolute atomic E-state index is 0.0826. The summed E-state index contributed by atoms with van der Waals surface area (Å²) >= 11 is 1.69. The fourth-order valence-corrected chi connectivity index (χ4v) is 4.16. The van der Waals surface area contributed by atoms with Crippen molar-refractivity contribution in [1.29, 1.82) is 0 Å². The number of amides is 1. The van der Waals surface area contributed by atoms with Crippen molar-refractivity contribution in [3.05, 3.63) is 58.4 Å². The minimum Gasteiger partial charge on any atom is -0.496 e. The Balaban J connectivity index is 1.60. The Morgan fingerprint density at radius 3 is 3.00 bits per heavy atom. The molecule has 0 saturated carbocycles. The summed E-state index contributed by atoms with van der Waals surface area (Å²) in [6, 6.07) is 13.5. The predicted octanol–water partition coefficient (Wildman–Crippen LogP) is 4.39. The van der Waals surface area contributed by atoms with Crippen molar-refractivity contribution < 1.29 is 14.1 Å². The van der Waals surface area contributed by atoms with Crippen LogP contribution in [0.1, 0.15) is 34.2 Å². The van der Waals surface area contributed by atoms with Gasteiger partial charge in [0.2, 0.25) is 0 Å². The molecule has 0 spiro atoms. The molecular weight excluding hydrogens is 336 g/mol. The van der Waals surface area contributed by atoms with Gasteiger partial charge < -0.3 is 14.2 Å². The number of aromatic nitrogens is 1. The van der Waals surface area contributed by atoms with E-state index in [1.807, 2.05) is 40.6 Å². The summed E-state index contributed by atoms with van der Waals surface area (Å²) in [5, 5.41) is 6.06. The Bertz CT molecular complexity index is 872. The van der Waals surface area contributed by atoms with E-state index in [2.05, 4.69) is 11.2 Å². The number of carbonyl (C=O) groups is 1. The molecule has 0 aliphatic carbocycles. The van der Waals surface area contributed by atoms with Gasteiger partial charge in [-0.05, 0) is 36.4 Å². The van der Waals surface area contributed by atoms with Gasteiger partial charge in [0.25, 0.3) is 5.91 Å². The summed E-state index contributed by atoms with van der Waals surface area (Å²) in [5.74, 6) is 1.14. The number of para-hydroxylation sites is 1. The van der Waals surface area contributed by atoms with Gasteiger partial charge in [-0.2, -0.15) is 0 Å². The second-order valence-electron chi connectivity index (χ2n) is 5.95. The van der Waals surface area contributed by atoms with Crippen LogP contribution < -0.4 is 4.74 Å². The Hall–Kier alpha value is -2.60. The molecular formula is C19H18N2O3S. The van der Waals surface area contributed by atoms with E-state index in [-0.39, 0.29) is 11.9 Å². The molecule has 1 saturated heterocycles. The third-order valence-corrected chi connectivity index (χ3v) is 5.46. The molecule has 1 amide bonds. The summed E-state index contributed by atoms with van der Waals surface area (Å²) in [7, 11) is 1.61. The summed E-state index contributed by atoms with van der Waals surface area (Å²) in [5.41, 5.74) is 1.12. The molecule has 1 atom stereocenters. The second-order valence-corrected chi connectivity index (χ2v) is 6.93. The highest BCUT2D eigenvalue weighted by molar-refractivity contribution is 7.10. The van der Waals surface area contributed by atoms with E-state index in [4.69, 9.17) is 9.26 Å². The molecule has 25 heavy (non-hydrogen) atoms. The van der Waals surface area contributed by atoms with Crippen molar-refractivity contribution in [2.24, 2.45) is 0 Å². The first-order chi connectivity index (χ1) is 12.3. The van der Waals surface area contributed by atoms with Crippen LogP contribution in [0.4, 0.5) is 0 Å². The maximum Gasteiger partial charge on any atom is 0.276 e. The lowest BCUT2D eigenvalue weighted by molar-refractivity contribution is 0.0727. The average Bonchev–Trinajstić information content (AvgIpc) is 3.41. The van der Waals surface area contributed by atoms with Crippen LogP contribution in [0, 0.1) is 0 Å². The molecule has 4 rings (SSSR count). The van der Waals surface area contributed by atoms with Crippen molar-refractivity contribution >= 4 is 17.2 Å². The van der Waals surface area contributed by atoms with Gasteiger partial charge in [-0.25, -0.2) is 0 Å². The quantitative estimate of drug-likeness (QED) is 0.697. The Morgan fingerprint density at radius 1 is 1.32 bits per heavy atom. The summed E-state index contributed by atoms with van der Waals surface area (Å²) in [6.07, 6.45) is 2.00. The van der Waals surface area contributed by atoms with Crippen LogP contribution in [0.3, 0.4) is 0 Å². The molecule has 3 heterocycles. The van der Waals surface area contributed by atoms with Gasteiger partial charge in [0.05, 0.1) is 18.7 Å². The maximum absolute atomic E-state index is 12.9. The molecule has 6 heteroatoms.